The van der Waals surface area contributed by atoms with E-state index in [-0.39, 0.29) is 5.91 Å². The van der Waals surface area contributed by atoms with Crippen LogP contribution < -0.4 is 5.32 Å². The molecule has 7 heteroatoms. The second kappa shape index (κ2) is 12.9. The largest absolute Gasteiger partial charge is 0.348 e. The molecule has 31 heavy (non-hydrogen) atoms. The standard InChI is InChI=1S/C18H15N3O2.C5H11N.CH2O/c22-11-1-2-14-3-5-15(6-4-14)12-20-18(23)16-7-8-17-19-9-10-21(17)13-16;1-6-4-2-3-5-6;1-2/h1,3-10,13H,2,12H2,(H,20,23);2-5H2,1H3;1H2. The van der Waals surface area contributed by atoms with Crippen molar-refractivity contribution >= 4 is 24.3 Å². The zero-order chi connectivity index (χ0) is 22.5. The molecule has 1 aromatic carbocycles. The molecular weight excluding hydrogens is 392 g/mol. The summed E-state index contributed by atoms with van der Waals surface area (Å²) < 4.78 is 1.81. The molecule has 0 atom stereocenters. The Labute approximate surface area is 182 Å². The van der Waals surface area contributed by atoms with E-state index in [0.717, 1.165) is 16.8 Å². The number of likely N-dealkylation sites (tertiary alicyclic amines) is 1. The highest BCUT2D eigenvalue weighted by Crippen LogP contribution is 2.07. The van der Waals surface area contributed by atoms with Crippen LogP contribution >= 0.6 is 0 Å². The predicted octanol–water partition coefficient (Wildman–Crippen LogP) is 2.72. The van der Waals surface area contributed by atoms with Crippen molar-refractivity contribution in [2.45, 2.75) is 25.8 Å². The van der Waals surface area contributed by atoms with E-state index in [9.17, 15) is 9.59 Å². The first kappa shape index (κ1) is 23.7. The SMILES string of the molecule is C=O.CN1CCCC1.O=C=CCc1ccc(CNC(=O)c2ccc3nccn3c2)cc1. The molecule has 0 aliphatic carbocycles. The number of carbonyl (C=O) groups excluding carboxylic acids is 3. The first-order valence-electron chi connectivity index (χ1n) is 10.1. The molecule has 1 aliphatic heterocycles. The van der Waals surface area contributed by atoms with E-state index >= 15 is 0 Å². The van der Waals surface area contributed by atoms with E-state index in [1.807, 2.05) is 41.5 Å². The average Bonchev–Trinajstić information content (AvgIpc) is 3.49. The Hall–Kier alpha value is -3.54. The molecule has 0 spiro atoms. The zero-order valence-corrected chi connectivity index (χ0v) is 17.8. The summed E-state index contributed by atoms with van der Waals surface area (Å²) in [6, 6.07) is 11.3. The van der Waals surface area contributed by atoms with Gasteiger partial charge in [-0.3, -0.25) is 4.79 Å². The Morgan fingerprint density at radius 3 is 2.42 bits per heavy atom. The van der Waals surface area contributed by atoms with Crippen LogP contribution in [0.2, 0.25) is 0 Å². The Morgan fingerprint density at radius 1 is 1.13 bits per heavy atom. The van der Waals surface area contributed by atoms with Gasteiger partial charge in [0.1, 0.15) is 18.4 Å². The molecule has 1 aliphatic rings. The normalized spacial score (nSPS) is 12.7. The van der Waals surface area contributed by atoms with E-state index in [1.54, 1.807) is 30.6 Å². The maximum Gasteiger partial charge on any atom is 0.253 e. The smallest absolute Gasteiger partial charge is 0.253 e. The van der Waals surface area contributed by atoms with E-state index in [4.69, 9.17) is 4.79 Å². The van der Waals surface area contributed by atoms with Crippen LogP contribution in [0.15, 0.2) is 61.1 Å². The Kier molecular flexibility index (Phi) is 9.88. The molecule has 0 bridgehead atoms. The van der Waals surface area contributed by atoms with Gasteiger partial charge in [-0.15, -0.1) is 0 Å². The first-order chi connectivity index (χ1) is 15.2. The summed E-state index contributed by atoms with van der Waals surface area (Å²) in [5, 5.41) is 2.89. The van der Waals surface area contributed by atoms with Gasteiger partial charge in [0, 0.05) is 37.6 Å². The Balaban J connectivity index is 0.000000363. The number of imidazole rings is 1. The molecule has 7 nitrogen and oxygen atoms in total. The summed E-state index contributed by atoms with van der Waals surface area (Å²) in [4.78, 5) is 36.9. The van der Waals surface area contributed by atoms with Crippen LogP contribution in [0.1, 0.15) is 34.3 Å². The maximum absolute atomic E-state index is 12.2. The first-order valence-corrected chi connectivity index (χ1v) is 10.1. The van der Waals surface area contributed by atoms with Crippen LogP contribution in [0, 0.1) is 0 Å². The van der Waals surface area contributed by atoms with Crippen molar-refractivity contribution in [1.82, 2.24) is 19.6 Å². The molecule has 3 heterocycles. The van der Waals surface area contributed by atoms with Gasteiger partial charge in [-0.1, -0.05) is 24.3 Å². The lowest BCUT2D eigenvalue weighted by atomic mass is 10.1. The third-order valence-electron chi connectivity index (χ3n) is 4.88. The van der Waals surface area contributed by atoms with Crippen molar-refractivity contribution in [3.63, 3.8) is 0 Å². The molecule has 4 rings (SSSR count). The number of nitrogens with zero attached hydrogens (tertiary/aromatic N) is 3. The summed E-state index contributed by atoms with van der Waals surface area (Å²) in [5.41, 5.74) is 3.43. The zero-order valence-electron chi connectivity index (χ0n) is 17.8. The second-order valence-electron chi connectivity index (χ2n) is 7.15. The summed E-state index contributed by atoms with van der Waals surface area (Å²) in [6.45, 7) is 5.09. The van der Waals surface area contributed by atoms with Gasteiger partial charge >= 0.3 is 0 Å². The molecular formula is C24H28N4O3. The van der Waals surface area contributed by atoms with Crippen LogP contribution in [-0.4, -0.2) is 53.1 Å². The van der Waals surface area contributed by atoms with Gasteiger partial charge < -0.3 is 19.4 Å². The van der Waals surface area contributed by atoms with Crippen molar-refractivity contribution in [2.24, 2.45) is 0 Å². The molecule has 0 unspecified atom stereocenters. The van der Waals surface area contributed by atoms with Crippen molar-refractivity contribution < 1.29 is 14.4 Å². The number of carbonyl (C=O) groups is 2. The van der Waals surface area contributed by atoms with Gasteiger partial charge in [0.25, 0.3) is 5.91 Å². The molecule has 2 aromatic heterocycles. The van der Waals surface area contributed by atoms with Gasteiger partial charge in [0.2, 0.25) is 0 Å². The van der Waals surface area contributed by atoms with Crippen molar-refractivity contribution in [1.29, 1.82) is 0 Å². The molecule has 1 amide bonds. The van der Waals surface area contributed by atoms with Gasteiger partial charge in [0.05, 0.1) is 5.56 Å². The summed E-state index contributed by atoms with van der Waals surface area (Å²) in [5.74, 6) is 1.63. The summed E-state index contributed by atoms with van der Waals surface area (Å²) in [7, 11) is 2.17. The maximum atomic E-state index is 12.2. The fourth-order valence-corrected chi connectivity index (χ4v) is 3.17. The van der Waals surface area contributed by atoms with Crippen LogP contribution in [0.3, 0.4) is 0 Å². The fourth-order valence-electron chi connectivity index (χ4n) is 3.17. The highest BCUT2D eigenvalue weighted by Gasteiger charge is 2.06. The number of fused-ring (bicyclic) bond motifs is 1. The molecule has 0 radical (unpaired) electrons. The molecule has 0 saturated carbocycles. The molecule has 1 saturated heterocycles. The van der Waals surface area contributed by atoms with Crippen LogP contribution in [0.4, 0.5) is 0 Å². The molecule has 1 fully saturated rings. The lowest BCUT2D eigenvalue weighted by Gasteiger charge is -2.06. The number of pyridine rings is 1. The Morgan fingerprint density at radius 2 is 1.81 bits per heavy atom. The number of aromatic nitrogens is 2. The Bertz CT molecular complexity index is 1000. The van der Waals surface area contributed by atoms with Crippen molar-refractivity contribution in [2.75, 3.05) is 20.1 Å². The summed E-state index contributed by atoms with van der Waals surface area (Å²) >= 11 is 0. The third kappa shape index (κ3) is 7.66. The van der Waals surface area contributed by atoms with Crippen molar-refractivity contribution in [3.8, 4) is 0 Å². The van der Waals surface area contributed by atoms with E-state index in [1.165, 1.54) is 32.0 Å². The molecule has 1 N–H and O–H groups in total. The predicted molar refractivity (Wildman–Crippen MR) is 121 cm³/mol. The number of nitrogens with one attached hydrogen (secondary N) is 1. The second-order valence-corrected chi connectivity index (χ2v) is 7.15. The summed E-state index contributed by atoms with van der Waals surface area (Å²) in [6.07, 6.45) is 10.1. The number of amides is 1. The number of hydrogen-bond donors (Lipinski definition) is 1. The average molecular weight is 421 g/mol. The monoisotopic (exact) mass is 420 g/mol. The molecule has 162 valence electrons. The van der Waals surface area contributed by atoms with Gasteiger partial charge in [-0.2, -0.15) is 0 Å². The number of hydrogen-bond acceptors (Lipinski definition) is 5. The number of rotatable bonds is 5. The number of allylic oxidation sites excluding steroid dienone is 1. The third-order valence-corrected chi connectivity index (χ3v) is 4.88. The fraction of sp³-hybridized carbons (Fsp3) is 0.292. The molecule has 3 aromatic rings. The van der Waals surface area contributed by atoms with Gasteiger partial charge in [0.15, 0.2) is 0 Å². The highest BCUT2D eigenvalue weighted by molar-refractivity contribution is 5.94. The van der Waals surface area contributed by atoms with E-state index < -0.39 is 0 Å². The van der Waals surface area contributed by atoms with Crippen LogP contribution in [0.5, 0.6) is 0 Å². The quantitative estimate of drug-likeness (QED) is 0.642. The topological polar surface area (TPSA) is 83.8 Å². The minimum Gasteiger partial charge on any atom is -0.348 e. The van der Waals surface area contributed by atoms with E-state index in [2.05, 4.69) is 22.2 Å². The van der Waals surface area contributed by atoms with Gasteiger partial charge in [-0.05, 0) is 56.2 Å². The van der Waals surface area contributed by atoms with Gasteiger partial charge in [-0.25, -0.2) is 9.78 Å². The lowest BCUT2D eigenvalue weighted by Crippen LogP contribution is -2.23. The van der Waals surface area contributed by atoms with Crippen LogP contribution in [-0.2, 0) is 22.6 Å². The lowest BCUT2D eigenvalue weighted by molar-refractivity contribution is -0.0980. The minimum absolute atomic E-state index is 0.131. The van der Waals surface area contributed by atoms with E-state index in [0.29, 0.717) is 18.5 Å². The highest BCUT2D eigenvalue weighted by atomic mass is 16.1. The minimum atomic E-state index is -0.131. The van der Waals surface area contributed by atoms with Crippen molar-refractivity contribution in [3.05, 3.63) is 77.8 Å². The van der Waals surface area contributed by atoms with Crippen LogP contribution in [0.25, 0.3) is 5.65 Å². The number of benzene rings is 1.